The van der Waals surface area contributed by atoms with Crippen molar-refractivity contribution in [1.82, 2.24) is 19.7 Å². The summed E-state index contributed by atoms with van der Waals surface area (Å²) in [6.45, 7) is 2.44. The third kappa shape index (κ3) is 3.47. The fourth-order valence-corrected chi connectivity index (χ4v) is 3.22. The fraction of sp³-hybridized carbons (Fsp3) is 0.529. The van der Waals surface area contributed by atoms with E-state index in [1.807, 2.05) is 28.9 Å². The van der Waals surface area contributed by atoms with Gasteiger partial charge in [-0.2, -0.15) is 5.10 Å². The highest BCUT2D eigenvalue weighted by molar-refractivity contribution is 5.37. The molecule has 0 amide bonds. The molecule has 118 valence electrons. The van der Waals surface area contributed by atoms with E-state index in [-0.39, 0.29) is 0 Å². The lowest BCUT2D eigenvalue weighted by Gasteiger charge is -2.29. The third-order valence-corrected chi connectivity index (χ3v) is 4.43. The molecule has 5 nitrogen and oxygen atoms in total. The lowest BCUT2D eigenvalue weighted by atomic mass is 9.93. The van der Waals surface area contributed by atoms with E-state index in [4.69, 9.17) is 4.74 Å². The molecule has 1 aromatic carbocycles. The summed E-state index contributed by atoms with van der Waals surface area (Å²) in [6.07, 6.45) is 6.45. The molecule has 0 N–H and O–H groups in total. The van der Waals surface area contributed by atoms with Crippen molar-refractivity contribution in [2.75, 3.05) is 27.2 Å². The Morgan fingerprint density at radius 2 is 2.09 bits per heavy atom. The number of hydrogen-bond donors (Lipinski definition) is 0. The summed E-state index contributed by atoms with van der Waals surface area (Å²) in [5, 5.41) is 4.37. The van der Waals surface area contributed by atoms with Crippen molar-refractivity contribution in [3.63, 3.8) is 0 Å². The summed E-state index contributed by atoms with van der Waals surface area (Å²) in [5.41, 5.74) is 1.04. The van der Waals surface area contributed by atoms with Gasteiger partial charge in [0.15, 0.2) is 0 Å². The maximum atomic E-state index is 5.20. The second kappa shape index (κ2) is 6.92. The number of likely N-dealkylation sites (tertiary alicyclic amines) is 1. The first-order valence-electron chi connectivity index (χ1n) is 7.98. The third-order valence-electron chi connectivity index (χ3n) is 4.43. The summed E-state index contributed by atoms with van der Waals surface area (Å²) in [4.78, 5) is 6.88. The van der Waals surface area contributed by atoms with Gasteiger partial charge in [-0.15, -0.1) is 0 Å². The van der Waals surface area contributed by atoms with Crippen LogP contribution in [0.2, 0.25) is 0 Å². The van der Waals surface area contributed by atoms with Crippen LogP contribution in [-0.2, 0) is 6.42 Å². The van der Waals surface area contributed by atoms with Crippen LogP contribution in [0.25, 0.3) is 5.69 Å². The molecule has 3 rings (SSSR count). The molecule has 0 unspecified atom stereocenters. The first-order valence-corrected chi connectivity index (χ1v) is 7.98. The van der Waals surface area contributed by atoms with Crippen molar-refractivity contribution in [2.24, 2.45) is 5.92 Å². The Kier molecular flexibility index (Phi) is 4.73. The molecule has 1 atom stereocenters. The number of aromatic nitrogens is 3. The van der Waals surface area contributed by atoms with Crippen LogP contribution in [0, 0.1) is 5.92 Å². The highest BCUT2D eigenvalue weighted by atomic mass is 16.5. The van der Waals surface area contributed by atoms with Crippen LogP contribution in [0.15, 0.2) is 30.6 Å². The van der Waals surface area contributed by atoms with Gasteiger partial charge in [0.05, 0.1) is 12.8 Å². The van der Waals surface area contributed by atoms with Gasteiger partial charge >= 0.3 is 0 Å². The van der Waals surface area contributed by atoms with Crippen LogP contribution in [0.4, 0.5) is 0 Å². The minimum atomic E-state index is 0.778. The molecule has 2 heterocycles. The standard InChI is InChI=1S/C17H24N4O/c1-20-11-3-4-14(12-20)5-10-17-18-13-19-21(17)15-6-8-16(22-2)9-7-15/h6-9,13-14H,3-5,10-12H2,1-2H3/t14-/m1/s1. The van der Waals surface area contributed by atoms with E-state index in [0.29, 0.717) is 0 Å². The fourth-order valence-electron chi connectivity index (χ4n) is 3.22. The maximum absolute atomic E-state index is 5.20. The Balaban J connectivity index is 1.66. The molecule has 1 saturated heterocycles. The molecular weight excluding hydrogens is 276 g/mol. The van der Waals surface area contributed by atoms with Crippen LogP contribution in [0.1, 0.15) is 25.1 Å². The molecule has 1 aliphatic heterocycles. The van der Waals surface area contributed by atoms with Gasteiger partial charge in [0.2, 0.25) is 0 Å². The zero-order valence-electron chi connectivity index (χ0n) is 13.4. The average Bonchev–Trinajstić information content (AvgIpc) is 3.01. The van der Waals surface area contributed by atoms with Gasteiger partial charge in [0, 0.05) is 13.0 Å². The SMILES string of the molecule is COc1ccc(-n2ncnc2CC[C@H]2CCCN(C)C2)cc1. The quantitative estimate of drug-likeness (QED) is 0.851. The van der Waals surface area contributed by atoms with Crippen molar-refractivity contribution < 1.29 is 4.74 Å². The van der Waals surface area contributed by atoms with E-state index in [9.17, 15) is 0 Å². The number of aryl methyl sites for hydroxylation is 1. The molecular formula is C17H24N4O. The number of benzene rings is 1. The summed E-state index contributed by atoms with van der Waals surface area (Å²) in [5.74, 6) is 2.67. The normalized spacial score (nSPS) is 19.3. The van der Waals surface area contributed by atoms with Gasteiger partial charge in [-0.05, 0) is 63.0 Å². The van der Waals surface area contributed by atoms with Gasteiger partial charge in [-0.3, -0.25) is 0 Å². The van der Waals surface area contributed by atoms with E-state index < -0.39 is 0 Å². The van der Waals surface area contributed by atoms with Crippen molar-refractivity contribution in [2.45, 2.75) is 25.7 Å². The molecule has 22 heavy (non-hydrogen) atoms. The maximum Gasteiger partial charge on any atom is 0.138 e. The average molecular weight is 300 g/mol. The minimum Gasteiger partial charge on any atom is -0.497 e. The summed E-state index contributed by atoms with van der Waals surface area (Å²) < 4.78 is 7.14. The highest BCUT2D eigenvalue weighted by Gasteiger charge is 2.18. The Labute approximate surface area is 131 Å². The van der Waals surface area contributed by atoms with Gasteiger partial charge in [0.1, 0.15) is 17.9 Å². The van der Waals surface area contributed by atoms with Crippen molar-refractivity contribution in [1.29, 1.82) is 0 Å². The van der Waals surface area contributed by atoms with Gasteiger partial charge in [0.25, 0.3) is 0 Å². The van der Waals surface area contributed by atoms with E-state index >= 15 is 0 Å². The van der Waals surface area contributed by atoms with Crippen LogP contribution in [0.5, 0.6) is 5.75 Å². The second-order valence-corrected chi connectivity index (χ2v) is 6.10. The predicted molar refractivity (Wildman–Crippen MR) is 86.5 cm³/mol. The number of nitrogens with zero attached hydrogens (tertiary/aromatic N) is 4. The molecule has 0 bridgehead atoms. The van der Waals surface area contributed by atoms with Crippen LogP contribution in [0.3, 0.4) is 0 Å². The van der Waals surface area contributed by atoms with Gasteiger partial charge in [-0.25, -0.2) is 9.67 Å². The first-order chi connectivity index (χ1) is 10.8. The van der Waals surface area contributed by atoms with Crippen LogP contribution < -0.4 is 4.74 Å². The first kappa shape index (κ1) is 15.0. The van der Waals surface area contributed by atoms with E-state index in [1.54, 1.807) is 13.4 Å². The van der Waals surface area contributed by atoms with E-state index in [1.165, 1.54) is 32.4 Å². The predicted octanol–water partition coefficient (Wildman–Crippen LogP) is 2.55. The summed E-state index contributed by atoms with van der Waals surface area (Å²) in [7, 11) is 3.89. The van der Waals surface area contributed by atoms with E-state index in [0.717, 1.165) is 29.6 Å². The largest absolute Gasteiger partial charge is 0.497 e. The molecule has 0 spiro atoms. The monoisotopic (exact) mass is 300 g/mol. The minimum absolute atomic E-state index is 0.778. The Morgan fingerprint density at radius 1 is 1.27 bits per heavy atom. The molecule has 0 radical (unpaired) electrons. The zero-order chi connectivity index (χ0) is 15.4. The lowest BCUT2D eigenvalue weighted by molar-refractivity contribution is 0.201. The van der Waals surface area contributed by atoms with Crippen molar-refractivity contribution in [3.05, 3.63) is 36.4 Å². The summed E-state index contributed by atoms with van der Waals surface area (Å²) >= 11 is 0. The Bertz CT molecular complexity index is 593. The van der Waals surface area contributed by atoms with Gasteiger partial charge in [-0.1, -0.05) is 0 Å². The molecule has 5 heteroatoms. The summed E-state index contributed by atoms with van der Waals surface area (Å²) in [6, 6.07) is 7.95. The van der Waals surface area contributed by atoms with E-state index in [2.05, 4.69) is 22.0 Å². The smallest absolute Gasteiger partial charge is 0.138 e. The molecule has 1 aromatic heterocycles. The number of piperidine rings is 1. The molecule has 0 aliphatic carbocycles. The van der Waals surface area contributed by atoms with Crippen molar-refractivity contribution in [3.8, 4) is 11.4 Å². The van der Waals surface area contributed by atoms with Gasteiger partial charge < -0.3 is 9.64 Å². The molecule has 1 aliphatic rings. The van der Waals surface area contributed by atoms with Crippen LogP contribution in [-0.4, -0.2) is 46.9 Å². The highest BCUT2D eigenvalue weighted by Crippen LogP contribution is 2.21. The topological polar surface area (TPSA) is 43.2 Å². The van der Waals surface area contributed by atoms with Crippen LogP contribution >= 0.6 is 0 Å². The molecule has 2 aromatic rings. The second-order valence-electron chi connectivity index (χ2n) is 6.10. The molecule has 0 saturated carbocycles. The lowest BCUT2D eigenvalue weighted by Crippen LogP contribution is -2.32. The Hall–Kier alpha value is -1.88. The number of rotatable bonds is 5. The van der Waals surface area contributed by atoms with Crippen molar-refractivity contribution >= 4 is 0 Å². The number of hydrogen-bond acceptors (Lipinski definition) is 4. The molecule has 1 fully saturated rings. The zero-order valence-corrected chi connectivity index (χ0v) is 13.4. The number of methoxy groups -OCH3 is 1. The number of ether oxygens (including phenoxy) is 1. The Morgan fingerprint density at radius 3 is 2.82 bits per heavy atom.